The summed E-state index contributed by atoms with van der Waals surface area (Å²) < 4.78 is 0. The Morgan fingerprint density at radius 3 is 2.43 bits per heavy atom. The quantitative estimate of drug-likeness (QED) is 0.835. The number of carboxylic acid groups (broad SMARTS) is 1. The van der Waals surface area contributed by atoms with E-state index in [0.29, 0.717) is 0 Å². The number of aryl methyl sites for hydroxylation is 2. The first-order chi connectivity index (χ1) is 6.33. The maximum absolute atomic E-state index is 10.7. The summed E-state index contributed by atoms with van der Waals surface area (Å²) in [4.78, 5) is 13.2. The van der Waals surface area contributed by atoms with Gasteiger partial charge in [0.05, 0.1) is 6.42 Å². The zero-order chi connectivity index (χ0) is 10.9. The van der Waals surface area contributed by atoms with Crippen LogP contribution in [0.2, 0.25) is 0 Å². The molecule has 0 aliphatic carbocycles. The van der Waals surface area contributed by atoms with Crippen molar-refractivity contribution >= 4 is 17.3 Å². The van der Waals surface area contributed by atoms with Crippen LogP contribution in [0.25, 0.3) is 0 Å². The van der Waals surface area contributed by atoms with Crippen molar-refractivity contribution in [3.05, 3.63) is 21.4 Å². The van der Waals surface area contributed by atoms with Gasteiger partial charge >= 0.3 is 5.97 Å². The van der Waals surface area contributed by atoms with E-state index in [1.54, 1.807) is 11.3 Å². The van der Waals surface area contributed by atoms with E-state index in [-0.39, 0.29) is 11.8 Å². The summed E-state index contributed by atoms with van der Waals surface area (Å²) in [6, 6.07) is 2.10. The smallest absolute Gasteiger partial charge is 0.304 e. The van der Waals surface area contributed by atoms with Crippen molar-refractivity contribution < 1.29 is 9.90 Å². The molecular weight excluding hydrogens is 196 g/mol. The summed E-state index contributed by atoms with van der Waals surface area (Å²) >= 11 is 1.73. The number of thiophene rings is 1. The zero-order valence-corrected chi connectivity index (χ0v) is 9.86. The number of carboxylic acids is 1. The molecule has 2 nitrogen and oxygen atoms in total. The molecule has 1 rings (SSSR count). The predicted molar refractivity (Wildman–Crippen MR) is 59.1 cm³/mol. The van der Waals surface area contributed by atoms with E-state index in [9.17, 15) is 4.79 Å². The molecule has 0 aliphatic heterocycles. The van der Waals surface area contributed by atoms with Crippen LogP contribution in [0.15, 0.2) is 6.07 Å². The molecule has 0 spiro atoms. The summed E-state index contributed by atoms with van der Waals surface area (Å²) in [5.74, 6) is -0.738. The van der Waals surface area contributed by atoms with Gasteiger partial charge in [0, 0.05) is 15.2 Å². The molecule has 1 aromatic heterocycles. The normalized spacial score (nSPS) is 11.7. The molecule has 0 atom stereocenters. The van der Waals surface area contributed by atoms with Gasteiger partial charge in [-0.15, -0.1) is 11.3 Å². The zero-order valence-electron chi connectivity index (χ0n) is 9.05. The van der Waals surface area contributed by atoms with E-state index in [2.05, 4.69) is 19.9 Å². The minimum absolute atomic E-state index is 0.185. The number of hydrogen-bond donors (Lipinski definition) is 1. The minimum atomic E-state index is -0.738. The molecule has 3 heteroatoms. The Bertz CT molecular complexity index is 350. The molecule has 14 heavy (non-hydrogen) atoms. The molecule has 0 saturated heterocycles. The van der Waals surface area contributed by atoms with E-state index >= 15 is 0 Å². The second-order valence-electron chi connectivity index (χ2n) is 4.28. The Hall–Kier alpha value is -0.830. The Kier molecular flexibility index (Phi) is 3.00. The summed E-state index contributed by atoms with van der Waals surface area (Å²) in [6.07, 6.45) is 0.185. The van der Waals surface area contributed by atoms with Crippen molar-refractivity contribution in [1.29, 1.82) is 0 Å². The first-order valence-corrected chi connectivity index (χ1v) is 5.44. The average Bonchev–Trinajstić information content (AvgIpc) is 2.27. The first-order valence-electron chi connectivity index (χ1n) is 4.62. The van der Waals surface area contributed by atoms with Crippen LogP contribution in [-0.2, 0) is 10.2 Å². The largest absolute Gasteiger partial charge is 0.481 e. The molecule has 0 radical (unpaired) electrons. The summed E-state index contributed by atoms with van der Waals surface area (Å²) in [5, 5.41) is 8.81. The lowest BCUT2D eigenvalue weighted by molar-refractivity contribution is -0.138. The van der Waals surface area contributed by atoms with Gasteiger partial charge in [-0.3, -0.25) is 4.79 Å². The van der Waals surface area contributed by atoms with E-state index in [4.69, 9.17) is 5.11 Å². The molecule has 1 N–H and O–H groups in total. The molecule has 0 fully saturated rings. The molecule has 0 bridgehead atoms. The van der Waals surface area contributed by atoms with Crippen LogP contribution in [-0.4, -0.2) is 11.1 Å². The van der Waals surface area contributed by atoms with Crippen molar-refractivity contribution in [3.8, 4) is 0 Å². The van der Waals surface area contributed by atoms with Crippen LogP contribution >= 0.6 is 11.3 Å². The number of hydrogen-bond acceptors (Lipinski definition) is 2. The fraction of sp³-hybridized carbons (Fsp3) is 0.545. The third kappa shape index (κ3) is 2.35. The van der Waals surface area contributed by atoms with E-state index in [0.717, 1.165) is 0 Å². The van der Waals surface area contributed by atoms with Crippen LogP contribution in [0.4, 0.5) is 0 Å². The van der Waals surface area contributed by atoms with Crippen molar-refractivity contribution in [2.75, 3.05) is 0 Å². The Morgan fingerprint density at radius 1 is 1.50 bits per heavy atom. The second kappa shape index (κ2) is 3.73. The highest BCUT2D eigenvalue weighted by Gasteiger charge is 2.26. The highest BCUT2D eigenvalue weighted by atomic mass is 32.1. The van der Waals surface area contributed by atoms with Gasteiger partial charge in [-0.05, 0) is 25.5 Å². The summed E-state index contributed by atoms with van der Waals surface area (Å²) in [5.41, 5.74) is 0.906. The molecular formula is C11H16O2S. The molecule has 0 unspecified atom stereocenters. The van der Waals surface area contributed by atoms with Crippen molar-refractivity contribution in [1.82, 2.24) is 0 Å². The third-order valence-corrected chi connectivity index (χ3v) is 3.33. The molecule has 0 aromatic carbocycles. The lowest BCUT2D eigenvalue weighted by Crippen LogP contribution is -2.21. The Balaban J connectivity index is 3.02. The van der Waals surface area contributed by atoms with Gasteiger partial charge in [0.1, 0.15) is 0 Å². The maximum atomic E-state index is 10.7. The molecule has 0 saturated carbocycles. The SMILES string of the molecule is Cc1cc(C(C)(C)CC(=O)O)c(C)s1. The predicted octanol–water partition coefficient (Wildman–Crippen LogP) is 3.12. The van der Waals surface area contributed by atoms with E-state index in [1.165, 1.54) is 15.3 Å². The minimum Gasteiger partial charge on any atom is -0.481 e. The second-order valence-corrected chi connectivity index (χ2v) is 5.74. The van der Waals surface area contributed by atoms with Crippen LogP contribution in [0.1, 0.15) is 35.6 Å². The van der Waals surface area contributed by atoms with Gasteiger partial charge in [-0.2, -0.15) is 0 Å². The monoisotopic (exact) mass is 212 g/mol. The Morgan fingerprint density at radius 2 is 2.07 bits per heavy atom. The molecule has 1 heterocycles. The average molecular weight is 212 g/mol. The van der Waals surface area contributed by atoms with Crippen molar-refractivity contribution in [2.24, 2.45) is 0 Å². The maximum Gasteiger partial charge on any atom is 0.304 e. The number of carbonyl (C=O) groups is 1. The van der Waals surface area contributed by atoms with E-state index < -0.39 is 5.97 Å². The highest BCUT2D eigenvalue weighted by Crippen LogP contribution is 2.34. The van der Waals surface area contributed by atoms with Gasteiger partial charge in [-0.1, -0.05) is 13.8 Å². The molecule has 0 aliphatic rings. The van der Waals surface area contributed by atoms with Crippen LogP contribution in [0.5, 0.6) is 0 Å². The lowest BCUT2D eigenvalue weighted by Gasteiger charge is -2.22. The van der Waals surface area contributed by atoms with Gasteiger partial charge in [0.25, 0.3) is 0 Å². The van der Waals surface area contributed by atoms with Crippen molar-refractivity contribution in [3.63, 3.8) is 0 Å². The fourth-order valence-corrected chi connectivity index (χ4v) is 2.88. The topological polar surface area (TPSA) is 37.3 Å². The van der Waals surface area contributed by atoms with E-state index in [1.807, 2.05) is 13.8 Å². The molecule has 0 amide bonds. The Labute approximate surface area is 88.6 Å². The third-order valence-electron chi connectivity index (χ3n) is 2.36. The van der Waals surface area contributed by atoms with Crippen molar-refractivity contribution in [2.45, 2.75) is 39.5 Å². The van der Waals surface area contributed by atoms with Crippen LogP contribution in [0, 0.1) is 13.8 Å². The molecule has 1 aromatic rings. The summed E-state index contributed by atoms with van der Waals surface area (Å²) in [7, 11) is 0. The number of aliphatic carboxylic acids is 1. The standard InChI is InChI=1S/C11H16O2S/c1-7-5-9(8(2)14-7)11(3,4)6-10(12)13/h5H,6H2,1-4H3,(H,12,13). The van der Waals surface area contributed by atoms with Gasteiger partial charge < -0.3 is 5.11 Å². The highest BCUT2D eigenvalue weighted by molar-refractivity contribution is 7.12. The van der Waals surface area contributed by atoms with Gasteiger partial charge in [-0.25, -0.2) is 0 Å². The fourth-order valence-electron chi connectivity index (χ4n) is 1.78. The van der Waals surface area contributed by atoms with Gasteiger partial charge in [0.15, 0.2) is 0 Å². The van der Waals surface area contributed by atoms with Gasteiger partial charge in [0.2, 0.25) is 0 Å². The van der Waals surface area contributed by atoms with Crippen LogP contribution < -0.4 is 0 Å². The summed E-state index contributed by atoms with van der Waals surface area (Å²) in [6.45, 7) is 8.07. The lowest BCUT2D eigenvalue weighted by atomic mass is 9.82. The van der Waals surface area contributed by atoms with Crippen LogP contribution in [0.3, 0.4) is 0 Å². The number of rotatable bonds is 3. The first kappa shape index (κ1) is 11.2. The molecule has 78 valence electrons.